The number of piperidine rings is 1. The van der Waals surface area contributed by atoms with Crippen LogP contribution in [0.2, 0.25) is 5.02 Å². The summed E-state index contributed by atoms with van der Waals surface area (Å²) in [5.74, 6) is 0.791. The molecule has 1 aromatic carbocycles. The largest absolute Gasteiger partial charge is 0.408 e. The van der Waals surface area contributed by atoms with Crippen molar-refractivity contribution < 1.29 is 13.2 Å². The molecule has 0 amide bonds. The average Bonchev–Trinajstić information content (AvgIpc) is 2.70. The van der Waals surface area contributed by atoms with E-state index in [1.807, 2.05) is 29.2 Å². The lowest BCUT2D eigenvalue weighted by atomic mass is 9.87. The standard InChI is InChI=1S/C19H16ClF3N6O/c20-17-15(6-25-28(18(17)30)10-19(21,22)23)27-8-11-5-12(9-27)29(11)16-7-24-13-3-1-2-4-14(13)26-16/h1-4,6-7,11-12H,5,8-10H2. The number of piperazine rings is 1. The summed E-state index contributed by atoms with van der Waals surface area (Å²) in [4.78, 5) is 25.5. The van der Waals surface area contributed by atoms with Gasteiger partial charge in [0.25, 0.3) is 5.56 Å². The predicted octanol–water partition coefficient (Wildman–Crippen LogP) is 2.87. The zero-order chi connectivity index (χ0) is 21.0. The van der Waals surface area contributed by atoms with Crippen LogP contribution in [0.25, 0.3) is 11.0 Å². The molecule has 0 N–H and O–H groups in total. The molecule has 5 heterocycles. The maximum atomic E-state index is 12.6. The van der Waals surface area contributed by atoms with Gasteiger partial charge in [-0.05, 0) is 18.6 Å². The molecule has 11 heteroatoms. The molecule has 30 heavy (non-hydrogen) atoms. The number of anilines is 2. The molecule has 3 fully saturated rings. The second kappa shape index (κ2) is 6.83. The maximum absolute atomic E-state index is 12.6. The van der Waals surface area contributed by atoms with Crippen molar-refractivity contribution in [2.75, 3.05) is 22.9 Å². The van der Waals surface area contributed by atoms with Gasteiger partial charge in [-0.1, -0.05) is 23.7 Å². The van der Waals surface area contributed by atoms with Gasteiger partial charge in [-0.15, -0.1) is 0 Å². The second-order valence-corrected chi connectivity index (χ2v) is 7.87. The second-order valence-electron chi connectivity index (χ2n) is 7.49. The predicted molar refractivity (Wildman–Crippen MR) is 106 cm³/mol. The van der Waals surface area contributed by atoms with Crippen LogP contribution in [0.5, 0.6) is 0 Å². The van der Waals surface area contributed by atoms with E-state index in [1.165, 1.54) is 6.20 Å². The number of benzene rings is 1. The highest BCUT2D eigenvalue weighted by Gasteiger charge is 2.46. The van der Waals surface area contributed by atoms with Gasteiger partial charge in [-0.2, -0.15) is 18.3 Å². The average molecular weight is 437 g/mol. The Morgan fingerprint density at radius 2 is 1.80 bits per heavy atom. The van der Waals surface area contributed by atoms with E-state index in [4.69, 9.17) is 16.6 Å². The first kappa shape index (κ1) is 19.1. The molecule has 6 rings (SSSR count). The number of alkyl halides is 3. The minimum atomic E-state index is -4.55. The van der Waals surface area contributed by atoms with Crippen molar-refractivity contribution in [3.8, 4) is 0 Å². The summed E-state index contributed by atoms with van der Waals surface area (Å²) in [7, 11) is 0. The van der Waals surface area contributed by atoms with E-state index < -0.39 is 18.3 Å². The number of nitrogens with zero attached hydrogens (tertiary/aromatic N) is 6. The first-order valence-electron chi connectivity index (χ1n) is 9.37. The number of rotatable bonds is 3. The molecule has 3 aromatic rings. The monoisotopic (exact) mass is 436 g/mol. The van der Waals surface area contributed by atoms with Crippen LogP contribution in [0.3, 0.4) is 0 Å². The molecule has 0 spiro atoms. The van der Waals surface area contributed by atoms with Gasteiger partial charge in [0.2, 0.25) is 0 Å². The maximum Gasteiger partial charge on any atom is 0.408 e. The Labute approximate surface area is 173 Å². The third kappa shape index (κ3) is 3.24. The van der Waals surface area contributed by atoms with Gasteiger partial charge >= 0.3 is 6.18 Å². The molecule has 0 aliphatic carbocycles. The van der Waals surface area contributed by atoms with Crippen molar-refractivity contribution in [1.82, 2.24) is 19.7 Å². The van der Waals surface area contributed by atoms with E-state index in [1.54, 1.807) is 6.20 Å². The molecular weight excluding hydrogens is 421 g/mol. The minimum Gasteiger partial charge on any atom is -0.365 e. The first-order chi connectivity index (χ1) is 14.3. The first-order valence-corrected chi connectivity index (χ1v) is 9.75. The molecule has 2 atom stereocenters. The number of fused-ring (bicyclic) bond motifs is 3. The third-order valence-corrected chi connectivity index (χ3v) is 5.89. The number of hydrogen-bond acceptors (Lipinski definition) is 6. The zero-order valence-corrected chi connectivity index (χ0v) is 16.3. The highest BCUT2D eigenvalue weighted by Crippen LogP contribution is 2.38. The van der Waals surface area contributed by atoms with Crippen molar-refractivity contribution in [1.29, 1.82) is 0 Å². The van der Waals surface area contributed by atoms with E-state index in [2.05, 4.69) is 15.0 Å². The molecule has 3 aliphatic rings. The summed E-state index contributed by atoms with van der Waals surface area (Å²) in [6.07, 6.45) is -0.596. The van der Waals surface area contributed by atoms with Crippen LogP contribution < -0.4 is 15.4 Å². The fraction of sp³-hybridized carbons (Fsp3) is 0.368. The van der Waals surface area contributed by atoms with Crippen molar-refractivity contribution in [3.05, 3.63) is 52.0 Å². The minimum absolute atomic E-state index is 0.146. The van der Waals surface area contributed by atoms with E-state index in [-0.39, 0.29) is 17.1 Å². The summed E-state index contributed by atoms with van der Waals surface area (Å²) in [6.45, 7) is -0.338. The van der Waals surface area contributed by atoms with Gasteiger partial charge < -0.3 is 9.80 Å². The number of para-hydroxylation sites is 2. The van der Waals surface area contributed by atoms with Gasteiger partial charge in [-0.25, -0.2) is 9.67 Å². The summed E-state index contributed by atoms with van der Waals surface area (Å²) in [5.41, 5.74) is 1.06. The highest BCUT2D eigenvalue weighted by molar-refractivity contribution is 6.33. The van der Waals surface area contributed by atoms with E-state index >= 15 is 0 Å². The van der Waals surface area contributed by atoms with Crippen molar-refractivity contribution in [2.24, 2.45) is 0 Å². The van der Waals surface area contributed by atoms with Gasteiger partial charge in [-0.3, -0.25) is 9.78 Å². The van der Waals surface area contributed by atoms with Crippen molar-refractivity contribution in [2.45, 2.75) is 31.2 Å². The molecule has 2 unspecified atom stereocenters. The van der Waals surface area contributed by atoms with Crippen LogP contribution in [0.15, 0.2) is 41.5 Å². The summed E-state index contributed by atoms with van der Waals surface area (Å²) in [5, 5.41) is 3.43. The Morgan fingerprint density at radius 1 is 1.10 bits per heavy atom. The lowest BCUT2D eigenvalue weighted by molar-refractivity contribution is -0.143. The molecule has 7 nitrogen and oxygen atoms in total. The molecule has 156 valence electrons. The molecular formula is C19H16ClF3N6O. The number of halogens is 4. The summed E-state index contributed by atoms with van der Waals surface area (Å²) in [6, 6.07) is 7.93. The van der Waals surface area contributed by atoms with Gasteiger partial charge in [0, 0.05) is 13.1 Å². The van der Waals surface area contributed by atoms with Crippen LogP contribution in [0, 0.1) is 0 Å². The smallest absolute Gasteiger partial charge is 0.365 e. The normalized spacial score (nSPS) is 21.1. The third-order valence-electron chi connectivity index (χ3n) is 5.53. The molecule has 0 saturated carbocycles. The van der Waals surface area contributed by atoms with Crippen LogP contribution in [0.4, 0.5) is 24.7 Å². The van der Waals surface area contributed by atoms with Crippen LogP contribution in [0.1, 0.15) is 6.42 Å². The van der Waals surface area contributed by atoms with Gasteiger partial charge in [0.05, 0.1) is 41.2 Å². The Morgan fingerprint density at radius 3 is 2.50 bits per heavy atom. The highest BCUT2D eigenvalue weighted by atomic mass is 35.5. The fourth-order valence-electron chi connectivity index (χ4n) is 4.21. The van der Waals surface area contributed by atoms with E-state index in [9.17, 15) is 18.0 Å². The Balaban J connectivity index is 1.37. The lowest BCUT2D eigenvalue weighted by Crippen LogP contribution is -2.69. The Bertz CT molecular complexity index is 1170. The topological polar surface area (TPSA) is 67.2 Å². The van der Waals surface area contributed by atoms with E-state index in [0.717, 1.165) is 23.3 Å². The van der Waals surface area contributed by atoms with Crippen LogP contribution >= 0.6 is 11.6 Å². The molecule has 3 aliphatic heterocycles. The summed E-state index contributed by atoms with van der Waals surface area (Å²) >= 11 is 6.12. The fourth-order valence-corrected chi connectivity index (χ4v) is 4.48. The van der Waals surface area contributed by atoms with E-state index in [0.29, 0.717) is 23.5 Å². The Hall–Kier alpha value is -2.88. The SMILES string of the molecule is O=c1c(Cl)c(N2CC3CC(C2)N3c2cnc3ccccc3n2)cnn1CC(F)(F)F. The number of hydrogen-bond donors (Lipinski definition) is 0. The van der Waals surface area contributed by atoms with Gasteiger partial charge in [0.15, 0.2) is 0 Å². The zero-order valence-electron chi connectivity index (χ0n) is 15.6. The molecule has 2 aromatic heterocycles. The molecule has 3 saturated heterocycles. The molecule has 2 bridgehead atoms. The quantitative estimate of drug-likeness (QED) is 0.629. The Kier molecular flexibility index (Phi) is 4.35. The van der Waals surface area contributed by atoms with Crippen molar-refractivity contribution >= 4 is 34.1 Å². The van der Waals surface area contributed by atoms with Crippen LogP contribution in [-0.4, -0.2) is 51.1 Å². The van der Waals surface area contributed by atoms with Gasteiger partial charge in [0.1, 0.15) is 17.4 Å². The number of aromatic nitrogens is 4. The molecule has 0 radical (unpaired) electrons. The lowest BCUT2D eigenvalue weighted by Gasteiger charge is -2.57. The van der Waals surface area contributed by atoms with Crippen molar-refractivity contribution in [3.63, 3.8) is 0 Å². The van der Waals surface area contributed by atoms with Crippen LogP contribution in [-0.2, 0) is 6.54 Å². The summed E-state index contributed by atoms with van der Waals surface area (Å²) < 4.78 is 38.1.